The van der Waals surface area contributed by atoms with Crippen molar-refractivity contribution in [3.63, 3.8) is 0 Å². The van der Waals surface area contributed by atoms with Crippen LogP contribution in [-0.4, -0.2) is 125 Å². The normalized spacial score (nSPS) is 23.1. The molecule has 1 aliphatic carbocycles. The van der Waals surface area contributed by atoms with E-state index in [1.807, 2.05) is 18.2 Å². The van der Waals surface area contributed by atoms with Gasteiger partial charge in [-0.2, -0.15) is 0 Å². The van der Waals surface area contributed by atoms with E-state index < -0.39 is 95.7 Å². The zero-order valence-corrected chi connectivity index (χ0v) is 40.2. The number of ether oxygens (including phenoxy) is 2. The minimum atomic E-state index is -5.40. The lowest BCUT2D eigenvalue weighted by Gasteiger charge is -2.43. The highest BCUT2D eigenvalue weighted by molar-refractivity contribution is 7.47. The number of allylic oxidation sites excluding steroid dienone is 7. The fraction of sp³-hybridized carbons (Fsp3) is 0.778. The van der Waals surface area contributed by atoms with Crippen molar-refractivity contribution in [3.05, 3.63) is 48.6 Å². The molecular formula is C45H80O18P2. The first-order valence-electron chi connectivity index (χ1n) is 23.3. The molecule has 1 fully saturated rings. The van der Waals surface area contributed by atoms with Gasteiger partial charge in [-0.3, -0.25) is 23.2 Å². The van der Waals surface area contributed by atoms with Crippen molar-refractivity contribution in [2.24, 2.45) is 0 Å². The van der Waals surface area contributed by atoms with Crippen molar-refractivity contribution < 1.29 is 87.1 Å². The Kier molecular flexibility index (Phi) is 33.7. The molecule has 0 heterocycles. The molecule has 378 valence electrons. The number of hydrogen-bond donors (Lipinski definition) is 9. The number of phosphoric ester groups is 2. The molecule has 0 aromatic carbocycles. The standard InChI is InChI=1S/C45H80O18P2/c1-3-5-7-9-11-13-15-17-19-21-23-25-27-31-38(48)59-33-35(34-60-65(57,58)63-45-42(52)40(50)41(51)44(43(45)53)62-64(54,55)56)61-39(49)32-28-30-37(47)36(46)29-26-24-22-20-18-16-14-12-10-8-6-4-2/h6,8,12,14,18,20,24,26,35-37,40-47,50-53H,3-5,7,9-11,13,15-17,19,21-23,25,27-34H2,1-2H3,(H,57,58)(H2,54,55,56)/b8-6-,14-12-,20-18-,26-24-/t35-,36-,37-,40?,41?,42?,43?,44-,45+/m1/s1. The van der Waals surface area contributed by atoms with Gasteiger partial charge in [0.05, 0.1) is 18.8 Å². The molecule has 0 saturated heterocycles. The van der Waals surface area contributed by atoms with Crippen LogP contribution in [0.25, 0.3) is 0 Å². The highest BCUT2D eigenvalue weighted by Gasteiger charge is 2.54. The molecule has 1 rings (SSSR count). The van der Waals surface area contributed by atoms with Crippen LogP contribution in [0.2, 0.25) is 0 Å². The van der Waals surface area contributed by atoms with Crippen molar-refractivity contribution in [2.75, 3.05) is 13.2 Å². The Balaban J connectivity index is 2.72. The van der Waals surface area contributed by atoms with Gasteiger partial charge in [0.2, 0.25) is 0 Å². The summed E-state index contributed by atoms with van der Waals surface area (Å²) in [5, 5.41) is 62.1. The van der Waals surface area contributed by atoms with E-state index in [0.717, 1.165) is 44.9 Å². The van der Waals surface area contributed by atoms with E-state index in [1.54, 1.807) is 6.08 Å². The summed E-state index contributed by atoms with van der Waals surface area (Å²) in [5.41, 5.74) is 0. The van der Waals surface area contributed by atoms with E-state index in [4.69, 9.17) is 28.3 Å². The summed E-state index contributed by atoms with van der Waals surface area (Å²) in [7, 11) is -10.8. The molecule has 9 N–H and O–H groups in total. The molecule has 1 aliphatic rings. The molecule has 5 unspecified atom stereocenters. The van der Waals surface area contributed by atoms with Crippen molar-refractivity contribution in [2.45, 2.75) is 210 Å². The van der Waals surface area contributed by atoms with Gasteiger partial charge in [-0.15, -0.1) is 0 Å². The van der Waals surface area contributed by atoms with Crippen LogP contribution >= 0.6 is 15.6 Å². The molecule has 18 nitrogen and oxygen atoms in total. The van der Waals surface area contributed by atoms with Gasteiger partial charge in [-0.05, 0) is 51.4 Å². The van der Waals surface area contributed by atoms with Crippen LogP contribution < -0.4 is 0 Å². The molecular weight excluding hydrogens is 890 g/mol. The van der Waals surface area contributed by atoms with E-state index in [1.165, 1.54) is 51.4 Å². The topological polar surface area (TPSA) is 296 Å². The predicted octanol–water partition coefficient (Wildman–Crippen LogP) is 6.45. The summed E-state index contributed by atoms with van der Waals surface area (Å²) < 4.78 is 49.1. The van der Waals surface area contributed by atoms with Gasteiger partial charge < -0.3 is 54.8 Å². The van der Waals surface area contributed by atoms with Crippen LogP contribution in [0.4, 0.5) is 0 Å². The molecule has 1 saturated carbocycles. The smallest absolute Gasteiger partial charge is 0.462 e. The third kappa shape index (κ3) is 30.1. The fourth-order valence-electron chi connectivity index (χ4n) is 6.88. The van der Waals surface area contributed by atoms with E-state index in [0.29, 0.717) is 12.8 Å². The van der Waals surface area contributed by atoms with Crippen molar-refractivity contribution in [1.82, 2.24) is 0 Å². The summed E-state index contributed by atoms with van der Waals surface area (Å²) in [6.07, 6.45) is 16.5. The van der Waals surface area contributed by atoms with Gasteiger partial charge in [0, 0.05) is 12.8 Å². The second-order valence-electron chi connectivity index (χ2n) is 16.4. The summed E-state index contributed by atoms with van der Waals surface area (Å²) in [5.74, 6) is -1.49. The lowest BCUT2D eigenvalue weighted by atomic mass is 9.85. The second kappa shape index (κ2) is 35.9. The van der Waals surface area contributed by atoms with Gasteiger partial charge in [0.1, 0.15) is 43.2 Å². The van der Waals surface area contributed by atoms with E-state index in [2.05, 4.69) is 42.7 Å². The van der Waals surface area contributed by atoms with Crippen LogP contribution in [0.1, 0.15) is 155 Å². The summed E-state index contributed by atoms with van der Waals surface area (Å²) in [6, 6.07) is 0. The van der Waals surface area contributed by atoms with E-state index in [9.17, 15) is 54.3 Å². The number of aliphatic hydroxyl groups is 6. The Morgan fingerprint density at radius 3 is 1.55 bits per heavy atom. The first kappa shape index (κ1) is 60.9. The first-order valence-corrected chi connectivity index (χ1v) is 26.4. The third-order valence-electron chi connectivity index (χ3n) is 10.6. The first-order chi connectivity index (χ1) is 30.9. The lowest BCUT2D eigenvalue weighted by Crippen LogP contribution is -2.64. The second-order valence-corrected chi connectivity index (χ2v) is 19.0. The summed E-state index contributed by atoms with van der Waals surface area (Å²) >= 11 is 0. The summed E-state index contributed by atoms with van der Waals surface area (Å²) in [4.78, 5) is 54.3. The number of hydrogen-bond acceptors (Lipinski definition) is 15. The van der Waals surface area contributed by atoms with Crippen LogP contribution in [0.3, 0.4) is 0 Å². The average Bonchev–Trinajstić information content (AvgIpc) is 3.25. The Labute approximate surface area is 385 Å². The monoisotopic (exact) mass is 970 g/mol. The molecule has 0 aromatic rings. The zero-order valence-electron chi connectivity index (χ0n) is 38.4. The molecule has 0 aromatic heterocycles. The van der Waals surface area contributed by atoms with E-state index >= 15 is 0 Å². The molecule has 0 bridgehead atoms. The van der Waals surface area contributed by atoms with Crippen LogP contribution in [0.15, 0.2) is 48.6 Å². The maximum atomic E-state index is 13.0. The third-order valence-corrected chi connectivity index (χ3v) is 12.1. The van der Waals surface area contributed by atoms with Gasteiger partial charge in [0.15, 0.2) is 6.10 Å². The van der Waals surface area contributed by atoms with Crippen molar-refractivity contribution in [3.8, 4) is 0 Å². The fourth-order valence-corrected chi connectivity index (χ4v) is 8.42. The molecule has 20 heteroatoms. The van der Waals surface area contributed by atoms with E-state index in [-0.39, 0.29) is 32.1 Å². The number of esters is 2. The van der Waals surface area contributed by atoms with Crippen LogP contribution in [0, 0.1) is 0 Å². The Hall–Kier alpha value is -2.12. The van der Waals surface area contributed by atoms with Crippen LogP contribution in [-0.2, 0) is 41.8 Å². The van der Waals surface area contributed by atoms with Crippen molar-refractivity contribution >= 4 is 27.6 Å². The molecule has 65 heavy (non-hydrogen) atoms. The maximum Gasteiger partial charge on any atom is 0.472 e. The minimum Gasteiger partial charge on any atom is -0.462 e. The molecule has 10 atom stereocenters. The zero-order chi connectivity index (χ0) is 48.5. The number of carbonyl (C=O) groups is 2. The number of carbonyl (C=O) groups excluding carboxylic acids is 2. The number of phosphoric acid groups is 2. The van der Waals surface area contributed by atoms with Gasteiger partial charge in [0.25, 0.3) is 0 Å². The van der Waals surface area contributed by atoms with Gasteiger partial charge in [-0.1, -0.05) is 140 Å². The van der Waals surface area contributed by atoms with Gasteiger partial charge in [-0.25, -0.2) is 9.13 Å². The Morgan fingerprint density at radius 2 is 1.03 bits per heavy atom. The number of unbranched alkanes of at least 4 members (excludes halogenated alkanes) is 12. The number of rotatable bonds is 38. The summed E-state index contributed by atoms with van der Waals surface area (Å²) in [6.45, 7) is 2.74. The average molecular weight is 971 g/mol. The Bertz CT molecular complexity index is 1480. The predicted molar refractivity (Wildman–Crippen MR) is 244 cm³/mol. The lowest BCUT2D eigenvalue weighted by molar-refractivity contribution is -0.216. The Morgan fingerprint density at radius 1 is 0.554 bits per heavy atom. The molecule has 0 amide bonds. The molecule has 0 spiro atoms. The molecule has 0 radical (unpaired) electrons. The highest BCUT2D eigenvalue weighted by Crippen LogP contribution is 2.49. The minimum absolute atomic E-state index is 0.0259. The largest absolute Gasteiger partial charge is 0.472 e. The highest BCUT2D eigenvalue weighted by atomic mass is 31.2. The SMILES string of the molecule is CC/C=C\C/C=C\C/C=C\C/C=C\C[C@@H](O)[C@H](O)CCCC(=O)O[C@H](COC(=O)CCCCCCCCCCCCCCC)COP(=O)(O)O[C@H]1C(O)C(O)C(O)[C@@H](OP(=O)(O)O)C1O. The quantitative estimate of drug-likeness (QED) is 0.0139. The number of aliphatic hydroxyl groups excluding tert-OH is 6. The molecule has 0 aliphatic heterocycles. The van der Waals surface area contributed by atoms with Crippen molar-refractivity contribution in [1.29, 1.82) is 0 Å². The van der Waals surface area contributed by atoms with Gasteiger partial charge >= 0.3 is 27.6 Å². The maximum absolute atomic E-state index is 13.0. The van der Waals surface area contributed by atoms with Crippen LogP contribution in [0.5, 0.6) is 0 Å².